The SMILES string of the molecule is CCCN(CC)c1nc2c(Cn3nc(C(=O)O)cc3C)cccc2s1. The summed E-state index contributed by atoms with van der Waals surface area (Å²) in [6.45, 7) is 8.62. The molecule has 1 N–H and O–H groups in total. The summed E-state index contributed by atoms with van der Waals surface area (Å²) < 4.78 is 2.87. The first-order valence-electron chi connectivity index (χ1n) is 8.44. The zero-order valence-corrected chi connectivity index (χ0v) is 15.5. The lowest BCUT2D eigenvalue weighted by molar-refractivity contribution is 0.0689. The van der Waals surface area contributed by atoms with Gasteiger partial charge in [-0.3, -0.25) is 4.68 Å². The number of carbonyl (C=O) groups is 1. The fourth-order valence-electron chi connectivity index (χ4n) is 2.85. The van der Waals surface area contributed by atoms with Gasteiger partial charge in [-0.15, -0.1) is 0 Å². The van der Waals surface area contributed by atoms with Gasteiger partial charge in [-0.25, -0.2) is 9.78 Å². The van der Waals surface area contributed by atoms with Crippen LogP contribution >= 0.6 is 11.3 Å². The molecule has 25 heavy (non-hydrogen) atoms. The number of carboxylic acids is 1. The van der Waals surface area contributed by atoms with Crippen LogP contribution in [0.5, 0.6) is 0 Å². The lowest BCUT2D eigenvalue weighted by atomic mass is 10.2. The van der Waals surface area contributed by atoms with Crippen molar-refractivity contribution in [3.63, 3.8) is 0 Å². The number of thiazole rings is 1. The molecule has 0 aliphatic heterocycles. The number of fused-ring (bicyclic) bond motifs is 1. The topological polar surface area (TPSA) is 71.2 Å². The summed E-state index contributed by atoms with van der Waals surface area (Å²) in [6, 6.07) is 7.73. The minimum absolute atomic E-state index is 0.0729. The van der Waals surface area contributed by atoms with Crippen LogP contribution < -0.4 is 4.90 Å². The van der Waals surface area contributed by atoms with Gasteiger partial charge in [0.2, 0.25) is 0 Å². The first-order valence-corrected chi connectivity index (χ1v) is 9.26. The maximum absolute atomic E-state index is 11.1. The fraction of sp³-hybridized carbons (Fsp3) is 0.389. The molecule has 0 saturated carbocycles. The average molecular weight is 358 g/mol. The molecule has 0 spiro atoms. The molecule has 2 aromatic heterocycles. The maximum Gasteiger partial charge on any atom is 0.356 e. The third kappa shape index (κ3) is 3.51. The standard InChI is InChI=1S/C18H22N4O2S/c1-4-9-21(5-2)18-19-16-13(7-6-8-15(16)25-18)11-22-12(3)10-14(20-22)17(23)24/h6-8,10H,4-5,9,11H2,1-3H3,(H,23,24). The van der Waals surface area contributed by atoms with Crippen molar-refractivity contribution in [3.05, 3.63) is 41.2 Å². The molecule has 3 aromatic rings. The Labute approximate surface area is 150 Å². The highest BCUT2D eigenvalue weighted by Gasteiger charge is 2.15. The molecule has 0 aliphatic rings. The van der Waals surface area contributed by atoms with Crippen molar-refractivity contribution in [2.45, 2.75) is 33.7 Å². The first-order chi connectivity index (χ1) is 12.0. The summed E-state index contributed by atoms with van der Waals surface area (Å²) in [5.74, 6) is -1.01. The zero-order chi connectivity index (χ0) is 18.0. The van der Waals surface area contributed by atoms with Gasteiger partial charge < -0.3 is 10.0 Å². The van der Waals surface area contributed by atoms with Crippen molar-refractivity contribution in [1.29, 1.82) is 0 Å². The third-order valence-corrected chi connectivity index (χ3v) is 5.24. The van der Waals surface area contributed by atoms with Gasteiger partial charge in [-0.05, 0) is 32.4 Å². The van der Waals surface area contributed by atoms with Crippen molar-refractivity contribution in [2.24, 2.45) is 0 Å². The van der Waals surface area contributed by atoms with Crippen LogP contribution in [0.4, 0.5) is 5.13 Å². The van der Waals surface area contributed by atoms with Crippen LogP contribution in [-0.4, -0.2) is 38.9 Å². The Morgan fingerprint density at radius 2 is 2.16 bits per heavy atom. The van der Waals surface area contributed by atoms with E-state index in [1.165, 1.54) is 0 Å². The summed E-state index contributed by atoms with van der Waals surface area (Å²) >= 11 is 1.70. The van der Waals surface area contributed by atoms with E-state index in [0.29, 0.717) is 6.54 Å². The van der Waals surface area contributed by atoms with Gasteiger partial charge >= 0.3 is 5.97 Å². The number of aromatic carboxylic acids is 1. The van der Waals surface area contributed by atoms with Crippen LogP contribution in [0.25, 0.3) is 10.2 Å². The summed E-state index contributed by atoms with van der Waals surface area (Å²) in [6.07, 6.45) is 1.08. The number of aromatic nitrogens is 3. The van der Waals surface area contributed by atoms with Crippen LogP contribution in [0.15, 0.2) is 24.3 Å². The highest BCUT2D eigenvalue weighted by atomic mass is 32.1. The first kappa shape index (κ1) is 17.4. The van der Waals surface area contributed by atoms with Crippen molar-refractivity contribution < 1.29 is 9.90 Å². The fourth-order valence-corrected chi connectivity index (χ4v) is 3.95. The van der Waals surface area contributed by atoms with E-state index in [-0.39, 0.29) is 5.69 Å². The lowest BCUT2D eigenvalue weighted by Crippen LogP contribution is -2.23. The molecular weight excluding hydrogens is 336 g/mol. The van der Waals surface area contributed by atoms with Crippen LogP contribution in [-0.2, 0) is 6.54 Å². The number of para-hydroxylation sites is 1. The van der Waals surface area contributed by atoms with Crippen LogP contribution in [0.2, 0.25) is 0 Å². The Kier molecular flexibility index (Phi) is 5.03. The Hall–Kier alpha value is -2.41. The quantitative estimate of drug-likeness (QED) is 0.696. The highest BCUT2D eigenvalue weighted by Crippen LogP contribution is 2.31. The monoisotopic (exact) mass is 358 g/mol. The van der Waals surface area contributed by atoms with Gasteiger partial charge in [0.15, 0.2) is 10.8 Å². The summed E-state index contributed by atoms with van der Waals surface area (Å²) in [5.41, 5.74) is 2.93. The largest absolute Gasteiger partial charge is 0.476 e. The van der Waals surface area contributed by atoms with Crippen molar-refractivity contribution in [1.82, 2.24) is 14.8 Å². The molecule has 0 radical (unpaired) electrons. The number of benzene rings is 1. The second-order valence-corrected chi connectivity index (χ2v) is 6.98. The van der Waals surface area contributed by atoms with Crippen molar-refractivity contribution in [3.8, 4) is 0 Å². The van der Waals surface area contributed by atoms with Gasteiger partial charge in [-0.1, -0.05) is 30.4 Å². The molecule has 0 unspecified atom stereocenters. The molecule has 0 aliphatic carbocycles. The van der Waals surface area contributed by atoms with Crippen LogP contribution in [0.1, 0.15) is 42.0 Å². The molecular formula is C18H22N4O2S. The molecule has 3 rings (SSSR count). The molecule has 1 aromatic carbocycles. The Balaban J connectivity index is 1.97. The van der Waals surface area contributed by atoms with Crippen LogP contribution in [0, 0.1) is 6.92 Å². The number of anilines is 1. The molecule has 0 fully saturated rings. The van der Waals surface area contributed by atoms with E-state index in [0.717, 1.165) is 46.1 Å². The van der Waals surface area contributed by atoms with Crippen LogP contribution in [0.3, 0.4) is 0 Å². The average Bonchev–Trinajstić information content (AvgIpc) is 3.17. The molecule has 0 amide bonds. The summed E-state index contributed by atoms with van der Waals surface area (Å²) in [4.78, 5) is 18.3. The number of nitrogens with zero attached hydrogens (tertiary/aromatic N) is 4. The zero-order valence-electron chi connectivity index (χ0n) is 14.7. The van der Waals surface area contributed by atoms with Gasteiger partial charge in [-0.2, -0.15) is 5.10 Å². The second-order valence-electron chi connectivity index (χ2n) is 5.97. The highest BCUT2D eigenvalue weighted by molar-refractivity contribution is 7.22. The van der Waals surface area contributed by atoms with E-state index >= 15 is 0 Å². The Morgan fingerprint density at radius 1 is 1.36 bits per heavy atom. The summed E-state index contributed by atoms with van der Waals surface area (Å²) in [5, 5.41) is 14.3. The molecule has 132 valence electrons. The number of hydrogen-bond acceptors (Lipinski definition) is 5. The molecule has 0 bridgehead atoms. The normalized spacial score (nSPS) is 11.2. The van der Waals surface area contributed by atoms with E-state index in [4.69, 9.17) is 10.1 Å². The number of hydrogen-bond donors (Lipinski definition) is 1. The maximum atomic E-state index is 11.1. The minimum atomic E-state index is -1.01. The van der Waals surface area contributed by atoms with E-state index in [9.17, 15) is 4.79 Å². The van der Waals surface area contributed by atoms with E-state index < -0.39 is 5.97 Å². The number of carboxylic acid groups (broad SMARTS) is 1. The van der Waals surface area contributed by atoms with Gasteiger partial charge in [0.25, 0.3) is 0 Å². The Bertz CT molecular complexity index is 900. The van der Waals surface area contributed by atoms with Gasteiger partial charge in [0.05, 0.1) is 16.8 Å². The molecule has 0 saturated heterocycles. The third-order valence-electron chi connectivity index (χ3n) is 4.16. The predicted octanol–water partition coefficient (Wildman–Crippen LogP) is 3.78. The van der Waals surface area contributed by atoms with Gasteiger partial charge in [0.1, 0.15) is 0 Å². The van der Waals surface area contributed by atoms with E-state index in [1.54, 1.807) is 22.1 Å². The van der Waals surface area contributed by atoms with E-state index in [2.05, 4.69) is 29.9 Å². The predicted molar refractivity (Wildman–Crippen MR) is 101 cm³/mol. The van der Waals surface area contributed by atoms with E-state index in [1.807, 2.05) is 19.1 Å². The Morgan fingerprint density at radius 3 is 2.80 bits per heavy atom. The molecule has 6 nitrogen and oxygen atoms in total. The molecule has 7 heteroatoms. The van der Waals surface area contributed by atoms with Crippen molar-refractivity contribution >= 4 is 32.7 Å². The summed E-state index contributed by atoms with van der Waals surface area (Å²) in [7, 11) is 0. The second kappa shape index (κ2) is 7.23. The molecule has 0 atom stereocenters. The lowest BCUT2D eigenvalue weighted by Gasteiger charge is -2.18. The smallest absolute Gasteiger partial charge is 0.356 e. The minimum Gasteiger partial charge on any atom is -0.476 e. The van der Waals surface area contributed by atoms with Crippen molar-refractivity contribution in [2.75, 3.05) is 18.0 Å². The number of aryl methyl sites for hydroxylation is 1. The number of rotatable bonds is 7. The van der Waals surface area contributed by atoms with Gasteiger partial charge in [0, 0.05) is 24.3 Å². The molecule has 2 heterocycles.